The topological polar surface area (TPSA) is 211 Å². The average Bonchev–Trinajstić information content (AvgIpc) is 3.60. The molecule has 12 N–H and O–H groups in total. The highest BCUT2D eigenvalue weighted by molar-refractivity contribution is 5.76. The zero-order valence-corrected chi connectivity index (χ0v) is 21.5. The van der Waals surface area contributed by atoms with Gasteiger partial charge in [0, 0.05) is 118 Å². The van der Waals surface area contributed by atoms with Crippen LogP contribution in [0.4, 0.5) is 14.4 Å². The Bertz CT molecular complexity index is 613. The van der Waals surface area contributed by atoms with Gasteiger partial charge in [-0.25, -0.2) is 14.4 Å². The summed E-state index contributed by atoms with van der Waals surface area (Å²) in [5, 5.41) is 17.8. The highest BCUT2D eigenvalue weighted by Crippen LogP contribution is 1.95. The van der Waals surface area contributed by atoms with E-state index in [-0.39, 0.29) is 18.1 Å². The third kappa shape index (κ3) is 14.2. The van der Waals surface area contributed by atoms with Crippen molar-refractivity contribution in [1.29, 1.82) is 0 Å². The van der Waals surface area contributed by atoms with Crippen LogP contribution in [0.2, 0.25) is 0 Å². The summed E-state index contributed by atoms with van der Waals surface area (Å²) in [5.41, 5.74) is 15.9. The number of hydrogen-bond acceptors (Lipinski definition) is 9. The van der Waals surface area contributed by atoms with Crippen LogP contribution in [-0.4, -0.2) is 151 Å². The lowest BCUT2D eigenvalue weighted by Gasteiger charge is -2.14. The lowest BCUT2D eigenvalue weighted by Crippen LogP contribution is -2.37. The van der Waals surface area contributed by atoms with Crippen LogP contribution in [0.3, 0.4) is 0 Å². The second-order valence-corrected chi connectivity index (χ2v) is 8.27. The van der Waals surface area contributed by atoms with Gasteiger partial charge in [-0.2, -0.15) is 0 Å². The van der Waals surface area contributed by atoms with Crippen molar-refractivity contribution >= 4 is 18.1 Å². The van der Waals surface area contributed by atoms with E-state index in [0.717, 1.165) is 91.6 Å². The standard InChI is InChI=1S/C9H21N5O.C7H16N4O.C5H11N3O/c10-1-2-11-3-4-12-5-7-14-8-6-13-9(14)15;8-1-2-9-3-5-11-6-4-10-7(11)12;6-1-3-8-4-2-7-5(8)9/h11-12H,1-8,10H2,(H,13,15);9H,1-6,8H2,(H,10,12);1-4,6H2,(H,7,9). The van der Waals surface area contributed by atoms with Gasteiger partial charge < -0.3 is 63.8 Å². The molecule has 3 rings (SSSR count). The molecule has 0 atom stereocenters. The third-order valence-electron chi connectivity index (χ3n) is 5.47. The van der Waals surface area contributed by atoms with Gasteiger partial charge in [-0.3, -0.25) is 0 Å². The molecule has 210 valence electrons. The fraction of sp³-hybridized carbons (Fsp3) is 0.857. The van der Waals surface area contributed by atoms with Crippen molar-refractivity contribution in [3.63, 3.8) is 0 Å². The normalized spacial score (nSPS) is 16.8. The van der Waals surface area contributed by atoms with E-state index in [1.807, 2.05) is 4.90 Å². The average molecular weight is 517 g/mol. The number of nitrogens with one attached hydrogen (secondary N) is 6. The van der Waals surface area contributed by atoms with E-state index in [4.69, 9.17) is 17.2 Å². The second kappa shape index (κ2) is 20.7. The molecule has 6 amide bonds. The van der Waals surface area contributed by atoms with Crippen molar-refractivity contribution in [3.05, 3.63) is 0 Å². The maximum absolute atomic E-state index is 11.1. The van der Waals surface area contributed by atoms with E-state index >= 15 is 0 Å². The third-order valence-corrected chi connectivity index (χ3v) is 5.47. The molecular formula is C21H48N12O3. The zero-order chi connectivity index (χ0) is 26.4. The largest absolute Gasteiger partial charge is 0.336 e. The molecule has 3 saturated heterocycles. The molecular weight excluding hydrogens is 468 g/mol. The molecule has 15 heteroatoms. The predicted octanol–water partition coefficient (Wildman–Crippen LogP) is -4.32. The summed E-state index contributed by atoms with van der Waals surface area (Å²) >= 11 is 0. The monoisotopic (exact) mass is 516 g/mol. The van der Waals surface area contributed by atoms with Crippen molar-refractivity contribution in [1.82, 2.24) is 46.6 Å². The number of rotatable bonds is 15. The molecule has 0 aromatic carbocycles. The molecule has 0 bridgehead atoms. The number of amides is 6. The summed E-state index contributed by atoms with van der Waals surface area (Å²) in [6, 6.07) is 0.114. The Kier molecular flexibility index (Phi) is 18.2. The fourth-order valence-electron chi connectivity index (χ4n) is 3.51. The minimum absolute atomic E-state index is 0.0143. The molecule has 15 nitrogen and oxygen atoms in total. The second-order valence-electron chi connectivity index (χ2n) is 8.27. The number of carbonyl (C=O) groups excluding carboxylic acids is 3. The molecule has 0 saturated carbocycles. The van der Waals surface area contributed by atoms with Crippen LogP contribution in [0.1, 0.15) is 0 Å². The van der Waals surface area contributed by atoms with Gasteiger partial charge in [0.05, 0.1) is 0 Å². The molecule has 0 aliphatic carbocycles. The molecule has 0 spiro atoms. The Morgan fingerprint density at radius 1 is 0.528 bits per heavy atom. The highest BCUT2D eigenvalue weighted by atomic mass is 16.2. The van der Waals surface area contributed by atoms with Crippen LogP contribution in [0.15, 0.2) is 0 Å². The van der Waals surface area contributed by atoms with E-state index in [0.29, 0.717) is 26.2 Å². The summed E-state index contributed by atoms with van der Waals surface area (Å²) in [4.78, 5) is 38.2. The molecule has 3 fully saturated rings. The molecule has 0 radical (unpaired) electrons. The minimum atomic E-state index is 0.0143. The number of nitrogens with two attached hydrogens (primary N) is 3. The molecule has 36 heavy (non-hydrogen) atoms. The molecule has 0 unspecified atom stereocenters. The summed E-state index contributed by atoms with van der Waals surface area (Å²) in [6.45, 7) is 14.0. The summed E-state index contributed by atoms with van der Waals surface area (Å²) in [7, 11) is 0. The fourth-order valence-corrected chi connectivity index (χ4v) is 3.51. The van der Waals surface area contributed by atoms with E-state index in [9.17, 15) is 14.4 Å². The Hall–Kier alpha value is -2.43. The molecule has 3 aliphatic rings. The SMILES string of the molecule is NCCN1CCNC1=O.NCCNCCN1CCNC1=O.NCCNCCNCCN1CCNC1=O. The first-order valence-corrected chi connectivity index (χ1v) is 12.8. The smallest absolute Gasteiger partial charge is 0.317 e. The van der Waals surface area contributed by atoms with Crippen molar-refractivity contribution in [2.24, 2.45) is 17.2 Å². The number of carbonyl (C=O) groups is 3. The molecule has 0 aromatic heterocycles. The van der Waals surface area contributed by atoms with Crippen molar-refractivity contribution < 1.29 is 14.4 Å². The van der Waals surface area contributed by atoms with Gasteiger partial charge in [0.1, 0.15) is 0 Å². The van der Waals surface area contributed by atoms with Crippen LogP contribution in [-0.2, 0) is 0 Å². The van der Waals surface area contributed by atoms with Crippen LogP contribution >= 0.6 is 0 Å². The van der Waals surface area contributed by atoms with Crippen LogP contribution < -0.4 is 49.1 Å². The van der Waals surface area contributed by atoms with Crippen molar-refractivity contribution in [2.45, 2.75) is 0 Å². The van der Waals surface area contributed by atoms with Gasteiger partial charge >= 0.3 is 18.1 Å². The molecule has 3 aliphatic heterocycles. The Balaban J connectivity index is 0.000000279. The Morgan fingerprint density at radius 3 is 1.22 bits per heavy atom. The van der Waals surface area contributed by atoms with Crippen LogP contribution in [0, 0.1) is 0 Å². The van der Waals surface area contributed by atoms with Crippen molar-refractivity contribution in [2.75, 3.05) is 118 Å². The summed E-state index contributed by atoms with van der Waals surface area (Å²) in [5.74, 6) is 0. The lowest BCUT2D eigenvalue weighted by atomic mass is 10.5. The zero-order valence-electron chi connectivity index (χ0n) is 21.5. The van der Waals surface area contributed by atoms with Gasteiger partial charge in [0.2, 0.25) is 0 Å². The van der Waals surface area contributed by atoms with E-state index in [1.54, 1.807) is 9.80 Å². The predicted molar refractivity (Wildman–Crippen MR) is 141 cm³/mol. The quantitative estimate of drug-likeness (QED) is 0.0962. The van der Waals surface area contributed by atoms with E-state index in [2.05, 4.69) is 31.9 Å². The maximum atomic E-state index is 11.1. The van der Waals surface area contributed by atoms with Gasteiger partial charge in [-0.05, 0) is 0 Å². The van der Waals surface area contributed by atoms with Gasteiger partial charge in [0.25, 0.3) is 0 Å². The van der Waals surface area contributed by atoms with Gasteiger partial charge in [-0.15, -0.1) is 0 Å². The first-order valence-electron chi connectivity index (χ1n) is 12.8. The Morgan fingerprint density at radius 2 is 0.889 bits per heavy atom. The van der Waals surface area contributed by atoms with Crippen LogP contribution in [0.25, 0.3) is 0 Å². The van der Waals surface area contributed by atoms with Crippen molar-refractivity contribution in [3.8, 4) is 0 Å². The van der Waals surface area contributed by atoms with Gasteiger partial charge in [-0.1, -0.05) is 0 Å². The van der Waals surface area contributed by atoms with Crippen LogP contribution in [0.5, 0.6) is 0 Å². The number of hydrogen-bond donors (Lipinski definition) is 9. The lowest BCUT2D eigenvalue weighted by molar-refractivity contribution is 0.217. The molecule has 3 heterocycles. The first kappa shape index (κ1) is 31.6. The number of urea groups is 3. The Labute approximate surface area is 214 Å². The van der Waals surface area contributed by atoms with E-state index in [1.165, 1.54) is 0 Å². The first-order chi connectivity index (χ1) is 17.5. The maximum Gasteiger partial charge on any atom is 0.317 e. The highest BCUT2D eigenvalue weighted by Gasteiger charge is 2.19. The van der Waals surface area contributed by atoms with E-state index < -0.39 is 0 Å². The van der Waals surface area contributed by atoms with Gasteiger partial charge in [0.15, 0.2) is 0 Å². The molecule has 0 aromatic rings. The number of nitrogens with zero attached hydrogens (tertiary/aromatic N) is 3. The summed E-state index contributed by atoms with van der Waals surface area (Å²) < 4.78 is 0. The summed E-state index contributed by atoms with van der Waals surface area (Å²) in [6.07, 6.45) is 0. The minimum Gasteiger partial charge on any atom is -0.336 e.